The number of anilines is 1. The molecule has 6 nitrogen and oxygen atoms in total. The molecule has 0 spiro atoms. The molecule has 0 unspecified atom stereocenters. The van der Waals surface area contributed by atoms with Crippen LogP contribution in [0.1, 0.15) is 40.2 Å². The Labute approximate surface area is 164 Å². The van der Waals surface area contributed by atoms with Crippen LogP contribution in [0.25, 0.3) is 5.57 Å². The van der Waals surface area contributed by atoms with Gasteiger partial charge in [-0.05, 0) is 70.1 Å². The summed E-state index contributed by atoms with van der Waals surface area (Å²) < 4.78 is 31.0. The molecule has 0 atom stereocenters. The standard InChI is InChI=1S/C18H24BFN2O4S/c1-11(14(20)19-25-17(2,3)18(4,5)26-19)12-8-7-9-13(10-12)21-15(27)22-16(23)24-6/h7-10H,1-6H3,(H2,21,22,23,27). The van der Waals surface area contributed by atoms with E-state index in [0.717, 1.165) is 0 Å². The van der Waals surface area contributed by atoms with Gasteiger partial charge in [-0.25, -0.2) is 9.18 Å². The van der Waals surface area contributed by atoms with Crippen LogP contribution < -0.4 is 10.6 Å². The van der Waals surface area contributed by atoms with E-state index in [1.54, 1.807) is 31.2 Å². The molecular weight excluding hydrogens is 370 g/mol. The number of hydrogen-bond acceptors (Lipinski definition) is 5. The second-order valence-electron chi connectivity index (χ2n) is 7.21. The van der Waals surface area contributed by atoms with E-state index in [1.165, 1.54) is 7.11 Å². The summed E-state index contributed by atoms with van der Waals surface area (Å²) in [4.78, 5) is 11.2. The molecule has 9 heteroatoms. The molecule has 2 rings (SSSR count). The number of nitrogens with one attached hydrogen (secondary N) is 2. The molecule has 1 heterocycles. The van der Waals surface area contributed by atoms with Gasteiger partial charge in [0.1, 0.15) is 5.73 Å². The average Bonchev–Trinajstić information content (AvgIpc) is 2.81. The van der Waals surface area contributed by atoms with Crippen LogP contribution in [-0.4, -0.2) is 36.6 Å². The molecule has 0 aliphatic carbocycles. The predicted octanol–water partition coefficient (Wildman–Crippen LogP) is 4.07. The van der Waals surface area contributed by atoms with Crippen molar-refractivity contribution < 1.29 is 23.2 Å². The molecule has 1 saturated heterocycles. The Hall–Kier alpha value is -1.97. The summed E-state index contributed by atoms with van der Waals surface area (Å²) in [7, 11) is 0.180. The van der Waals surface area contributed by atoms with Gasteiger partial charge in [0, 0.05) is 5.69 Å². The van der Waals surface area contributed by atoms with Gasteiger partial charge in [-0.2, -0.15) is 0 Å². The van der Waals surface area contributed by atoms with Crippen LogP contribution in [0, 0.1) is 0 Å². The van der Waals surface area contributed by atoms with Crippen molar-refractivity contribution in [3.05, 3.63) is 35.6 Å². The molecule has 0 radical (unpaired) electrons. The number of carbonyl (C=O) groups excluding carboxylic acids is 1. The summed E-state index contributed by atoms with van der Waals surface area (Å²) in [5.41, 5.74) is -0.109. The number of alkyl carbamates (subject to hydrolysis) is 1. The second-order valence-corrected chi connectivity index (χ2v) is 7.62. The van der Waals surface area contributed by atoms with Gasteiger partial charge in [-0.1, -0.05) is 12.1 Å². The number of thiocarbonyl (C=S) groups is 1. The minimum atomic E-state index is -1.06. The van der Waals surface area contributed by atoms with Crippen LogP contribution in [-0.2, 0) is 14.0 Å². The Kier molecular flexibility index (Phi) is 6.29. The summed E-state index contributed by atoms with van der Waals surface area (Å²) >= 11 is 5.03. The average molecular weight is 394 g/mol. The van der Waals surface area contributed by atoms with E-state index in [-0.39, 0.29) is 5.11 Å². The number of hydrogen-bond donors (Lipinski definition) is 2. The van der Waals surface area contributed by atoms with E-state index < -0.39 is 30.1 Å². The van der Waals surface area contributed by atoms with Crippen LogP contribution >= 0.6 is 12.2 Å². The molecule has 1 amide bonds. The quantitative estimate of drug-likeness (QED) is 0.595. The Bertz CT molecular complexity index is 766. The van der Waals surface area contributed by atoms with Crippen LogP contribution in [0.4, 0.5) is 14.9 Å². The number of carbonyl (C=O) groups is 1. The zero-order valence-corrected chi connectivity index (χ0v) is 17.1. The molecule has 0 aromatic heterocycles. The van der Waals surface area contributed by atoms with Gasteiger partial charge < -0.3 is 19.4 Å². The summed E-state index contributed by atoms with van der Waals surface area (Å²) in [6, 6.07) is 6.97. The number of methoxy groups -OCH3 is 1. The Balaban J connectivity index is 2.19. The molecule has 1 fully saturated rings. The molecular formula is C18H24BFN2O4S. The van der Waals surface area contributed by atoms with Crippen molar-refractivity contribution in [3.63, 3.8) is 0 Å². The minimum absolute atomic E-state index is 0.0760. The van der Waals surface area contributed by atoms with E-state index in [4.69, 9.17) is 21.5 Å². The SMILES string of the molecule is COC(=O)NC(=S)Nc1cccc(C(C)=C(F)B2OC(C)(C)C(C)(C)O2)c1. The van der Waals surface area contributed by atoms with E-state index in [9.17, 15) is 9.18 Å². The monoisotopic (exact) mass is 394 g/mol. The summed E-state index contributed by atoms with van der Waals surface area (Å²) in [6.45, 7) is 9.14. The Morgan fingerprint density at radius 1 is 1.22 bits per heavy atom. The maximum absolute atomic E-state index is 15.0. The largest absolute Gasteiger partial charge is 0.525 e. The second kappa shape index (κ2) is 7.96. The van der Waals surface area contributed by atoms with Crippen LogP contribution in [0.2, 0.25) is 0 Å². The van der Waals surface area contributed by atoms with Gasteiger partial charge in [0.2, 0.25) is 0 Å². The lowest BCUT2D eigenvalue weighted by molar-refractivity contribution is 0.00578. The maximum atomic E-state index is 15.0. The van der Waals surface area contributed by atoms with Crippen molar-refractivity contribution in [3.8, 4) is 0 Å². The predicted molar refractivity (Wildman–Crippen MR) is 108 cm³/mol. The highest BCUT2D eigenvalue weighted by molar-refractivity contribution is 7.80. The smallest absolute Gasteiger partial charge is 0.453 e. The zero-order chi connectivity index (χ0) is 20.4. The number of amides is 1. The highest BCUT2D eigenvalue weighted by Gasteiger charge is 2.53. The number of halogens is 1. The number of benzene rings is 1. The first-order valence-corrected chi connectivity index (χ1v) is 8.86. The van der Waals surface area contributed by atoms with Gasteiger partial charge in [0.25, 0.3) is 0 Å². The van der Waals surface area contributed by atoms with Gasteiger partial charge in [-0.3, -0.25) is 5.32 Å². The molecule has 0 bridgehead atoms. The summed E-state index contributed by atoms with van der Waals surface area (Å²) in [5.74, 6) is 0. The van der Waals surface area contributed by atoms with E-state index in [1.807, 2.05) is 27.7 Å². The topological polar surface area (TPSA) is 68.8 Å². The van der Waals surface area contributed by atoms with Crippen molar-refractivity contribution in [1.29, 1.82) is 0 Å². The van der Waals surface area contributed by atoms with Crippen molar-refractivity contribution in [2.45, 2.75) is 45.8 Å². The first-order valence-electron chi connectivity index (χ1n) is 8.45. The number of allylic oxidation sites excluding steroid dienone is 1. The lowest BCUT2D eigenvalue weighted by Crippen LogP contribution is -2.41. The van der Waals surface area contributed by atoms with E-state index in [0.29, 0.717) is 16.8 Å². The van der Waals surface area contributed by atoms with Crippen molar-refractivity contribution in [2.24, 2.45) is 0 Å². The van der Waals surface area contributed by atoms with Crippen LogP contribution in [0.15, 0.2) is 30.0 Å². The lowest BCUT2D eigenvalue weighted by atomic mass is 9.83. The number of ether oxygens (including phenoxy) is 1. The fourth-order valence-corrected chi connectivity index (χ4v) is 2.60. The fraction of sp³-hybridized carbons (Fsp3) is 0.444. The molecule has 2 N–H and O–H groups in total. The molecule has 1 aliphatic rings. The van der Waals surface area contributed by atoms with Crippen molar-refractivity contribution >= 4 is 41.8 Å². The van der Waals surface area contributed by atoms with Crippen molar-refractivity contribution in [2.75, 3.05) is 12.4 Å². The molecule has 1 aliphatic heterocycles. The third-order valence-electron chi connectivity index (χ3n) is 4.77. The highest BCUT2D eigenvalue weighted by Crippen LogP contribution is 2.40. The lowest BCUT2D eigenvalue weighted by Gasteiger charge is -2.32. The highest BCUT2D eigenvalue weighted by atomic mass is 32.1. The zero-order valence-electron chi connectivity index (χ0n) is 16.3. The summed E-state index contributed by atoms with van der Waals surface area (Å²) in [5, 5.41) is 5.27. The van der Waals surface area contributed by atoms with Gasteiger partial charge in [0.05, 0.1) is 18.3 Å². The van der Waals surface area contributed by atoms with E-state index >= 15 is 0 Å². The molecule has 27 heavy (non-hydrogen) atoms. The third kappa shape index (κ3) is 4.85. The minimum Gasteiger partial charge on any atom is -0.453 e. The maximum Gasteiger partial charge on any atom is 0.525 e. The molecule has 1 aromatic carbocycles. The van der Waals surface area contributed by atoms with E-state index in [2.05, 4.69) is 15.4 Å². The Morgan fingerprint density at radius 2 is 1.81 bits per heavy atom. The normalized spacial score (nSPS) is 18.6. The van der Waals surface area contributed by atoms with Crippen molar-refractivity contribution in [1.82, 2.24) is 5.32 Å². The van der Waals surface area contributed by atoms with Gasteiger partial charge in [-0.15, -0.1) is 0 Å². The van der Waals surface area contributed by atoms with Gasteiger partial charge >= 0.3 is 13.2 Å². The third-order valence-corrected chi connectivity index (χ3v) is 4.98. The number of rotatable bonds is 3. The molecule has 0 saturated carbocycles. The van der Waals surface area contributed by atoms with Gasteiger partial charge in [0.15, 0.2) is 5.11 Å². The summed E-state index contributed by atoms with van der Waals surface area (Å²) in [6.07, 6.45) is -0.675. The van der Waals surface area contributed by atoms with Crippen LogP contribution in [0.3, 0.4) is 0 Å². The first kappa shape index (κ1) is 21.3. The first-order chi connectivity index (χ1) is 12.5. The molecule has 146 valence electrons. The Morgan fingerprint density at radius 3 is 2.37 bits per heavy atom. The molecule has 1 aromatic rings. The van der Waals surface area contributed by atoms with Crippen LogP contribution in [0.5, 0.6) is 0 Å². The fourth-order valence-electron chi connectivity index (χ4n) is 2.40.